The van der Waals surface area contributed by atoms with Crippen LogP contribution in [0.3, 0.4) is 0 Å². The first-order valence-electron chi connectivity index (χ1n) is 6.67. The number of hydrogen-bond acceptors (Lipinski definition) is 2. The molecule has 0 saturated heterocycles. The number of carbonyl (C=O) groups excluding carboxylic acids is 1. The molecule has 0 aliphatic heterocycles. The SMILES string of the molecule is CCC(C)C(=O)OCC(C(C(F)(F)F)C(F)(F)F)(C(F)(F)F)C(F)(F)F. The number of hydrogen-bond donors (Lipinski definition) is 0. The van der Waals surface area contributed by atoms with E-state index < -0.39 is 54.5 Å². The molecular weight excluding hydrogens is 404 g/mol. The van der Waals surface area contributed by atoms with Crippen molar-refractivity contribution < 1.29 is 62.2 Å². The fraction of sp³-hybridized carbons (Fsp3) is 0.917. The van der Waals surface area contributed by atoms with Crippen molar-refractivity contribution in [2.45, 2.75) is 45.0 Å². The number of rotatable bonds is 5. The summed E-state index contributed by atoms with van der Waals surface area (Å²) in [6, 6.07) is 0. The molecule has 0 aromatic rings. The molecule has 0 spiro atoms. The van der Waals surface area contributed by atoms with Crippen LogP contribution < -0.4 is 0 Å². The monoisotopic (exact) mass is 416 g/mol. The molecule has 0 heterocycles. The summed E-state index contributed by atoms with van der Waals surface area (Å²) in [7, 11) is 0. The minimum Gasteiger partial charge on any atom is -0.464 e. The van der Waals surface area contributed by atoms with Crippen LogP contribution in [0, 0.1) is 17.3 Å². The lowest BCUT2D eigenvalue weighted by Crippen LogP contribution is -2.65. The van der Waals surface area contributed by atoms with Gasteiger partial charge in [-0.25, -0.2) is 0 Å². The van der Waals surface area contributed by atoms with Crippen LogP contribution in [0.15, 0.2) is 0 Å². The van der Waals surface area contributed by atoms with Crippen molar-refractivity contribution in [2.24, 2.45) is 17.3 Å². The van der Waals surface area contributed by atoms with Crippen molar-refractivity contribution in [1.29, 1.82) is 0 Å². The smallest absolute Gasteiger partial charge is 0.407 e. The van der Waals surface area contributed by atoms with Gasteiger partial charge in [-0.05, 0) is 6.42 Å². The molecule has 0 fully saturated rings. The molecule has 0 amide bonds. The first-order chi connectivity index (χ1) is 11.2. The van der Waals surface area contributed by atoms with Crippen molar-refractivity contribution in [1.82, 2.24) is 0 Å². The topological polar surface area (TPSA) is 26.3 Å². The Hall–Kier alpha value is -1.37. The van der Waals surface area contributed by atoms with Gasteiger partial charge in [-0.3, -0.25) is 4.79 Å². The van der Waals surface area contributed by atoms with Gasteiger partial charge in [-0.1, -0.05) is 13.8 Å². The number of carbonyl (C=O) groups is 1. The van der Waals surface area contributed by atoms with E-state index in [1.807, 2.05) is 0 Å². The Balaban J connectivity index is 6.55. The summed E-state index contributed by atoms with van der Waals surface area (Å²) in [6.45, 7) is -1.02. The fourth-order valence-corrected chi connectivity index (χ4v) is 1.97. The molecule has 0 aliphatic carbocycles. The predicted molar refractivity (Wildman–Crippen MR) is 60.6 cm³/mol. The molecule has 0 saturated carbocycles. The van der Waals surface area contributed by atoms with Gasteiger partial charge in [0.25, 0.3) is 0 Å². The summed E-state index contributed by atoms with van der Waals surface area (Å²) in [5.74, 6) is -9.02. The molecule has 26 heavy (non-hydrogen) atoms. The van der Waals surface area contributed by atoms with E-state index in [9.17, 15) is 57.5 Å². The summed E-state index contributed by atoms with van der Waals surface area (Å²) < 4.78 is 158. The average molecular weight is 416 g/mol. The summed E-state index contributed by atoms with van der Waals surface area (Å²) >= 11 is 0. The molecule has 1 atom stereocenters. The Morgan fingerprint density at radius 2 is 1.15 bits per heavy atom. The van der Waals surface area contributed by atoms with E-state index in [-0.39, 0.29) is 6.42 Å². The molecule has 14 heteroatoms. The van der Waals surface area contributed by atoms with E-state index >= 15 is 0 Å². The van der Waals surface area contributed by atoms with E-state index in [2.05, 4.69) is 4.74 Å². The third-order valence-corrected chi connectivity index (χ3v) is 3.62. The average Bonchev–Trinajstić information content (AvgIpc) is 2.35. The van der Waals surface area contributed by atoms with Crippen LogP contribution in [0.5, 0.6) is 0 Å². The molecule has 0 aromatic heterocycles. The molecular formula is C12H12F12O2. The van der Waals surface area contributed by atoms with Crippen LogP contribution in [0.1, 0.15) is 20.3 Å². The lowest BCUT2D eigenvalue weighted by atomic mass is 9.73. The minimum absolute atomic E-state index is 0.189. The van der Waals surface area contributed by atoms with Gasteiger partial charge >= 0.3 is 30.7 Å². The Kier molecular flexibility index (Phi) is 6.94. The second kappa shape index (κ2) is 7.33. The van der Waals surface area contributed by atoms with Crippen LogP contribution in [-0.4, -0.2) is 37.3 Å². The van der Waals surface area contributed by atoms with Gasteiger partial charge < -0.3 is 4.74 Å². The standard InChI is InChI=1S/C12H12F12O2/c1-3-5(2)6(25)26-4-8(11(19,20)21,12(22,23)24)7(9(13,14)15)10(16,17)18/h5,7H,3-4H2,1-2H3. The van der Waals surface area contributed by atoms with Gasteiger partial charge in [0.05, 0.1) is 5.92 Å². The molecule has 0 N–H and O–H groups in total. The molecule has 0 aromatic carbocycles. The van der Waals surface area contributed by atoms with E-state index in [4.69, 9.17) is 0 Å². The second-order valence-electron chi connectivity index (χ2n) is 5.40. The van der Waals surface area contributed by atoms with Crippen LogP contribution in [-0.2, 0) is 9.53 Å². The number of esters is 1. The van der Waals surface area contributed by atoms with Crippen LogP contribution >= 0.6 is 0 Å². The van der Waals surface area contributed by atoms with Crippen molar-refractivity contribution >= 4 is 5.97 Å². The molecule has 156 valence electrons. The highest BCUT2D eigenvalue weighted by molar-refractivity contribution is 5.71. The van der Waals surface area contributed by atoms with E-state index in [0.29, 0.717) is 0 Å². The van der Waals surface area contributed by atoms with Crippen LogP contribution in [0.25, 0.3) is 0 Å². The van der Waals surface area contributed by atoms with Gasteiger partial charge in [-0.2, -0.15) is 52.7 Å². The molecule has 0 radical (unpaired) electrons. The van der Waals surface area contributed by atoms with Crippen molar-refractivity contribution in [2.75, 3.05) is 6.61 Å². The molecule has 2 nitrogen and oxygen atoms in total. The zero-order valence-electron chi connectivity index (χ0n) is 12.9. The lowest BCUT2D eigenvalue weighted by molar-refractivity contribution is -0.433. The van der Waals surface area contributed by atoms with E-state index in [1.54, 1.807) is 0 Å². The predicted octanol–water partition coefficient (Wildman–Crippen LogP) is 5.43. The highest BCUT2D eigenvalue weighted by Crippen LogP contribution is 2.63. The summed E-state index contributed by atoms with van der Waals surface area (Å²) in [5.41, 5.74) is -6.42. The summed E-state index contributed by atoms with van der Waals surface area (Å²) in [6.07, 6.45) is -28.3. The van der Waals surface area contributed by atoms with Crippen LogP contribution in [0.4, 0.5) is 52.7 Å². The van der Waals surface area contributed by atoms with Gasteiger partial charge in [0.1, 0.15) is 6.61 Å². The Bertz CT molecular complexity index is 456. The summed E-state index contributed by atoms with van der Waals surface area (Å²) in [5, 5.41) is 0. The third-order valence-electron chi connectivity index (χ3n) is 3.62. The van der Waals surface area contributed by atoms with Gasteiger partial charge in [-0.15, -0.1) is 0 Å². The zero-order chi connectivity index (χ0) is 21.4. The van der Waals surface area contributed by atoms with E-state index in [1.165, 1.54) is 6.92 Å². The Morgan fingerprint density at radius 1 is 0.808 bits per heavy atom. The quantitative estimate of drug-likeness (QED) is 0.442. The number of halogens is 12. The highest BCUT2D eigenvalue weighted by atomic mass is 19.4. The first kappa shape index (κ1) is 24.6. The molecule has 0 aliphatic rings. The van der Waals surface area contributed by atoms with Gasteiger partial charge in [0.15, 0.2) is 5.92 Å². The maximum Gasteiger partial charge on any atom is 0.407 e. The molecule has 0 rings (SSSR count). The number of alkyl halides is 12. The highest BCUT2D eigenvalue weighted by Gasteiger charge is 2.84. The van der Waals surface area contributed by atoms with Crippen molar-refractivity contribution in [3.63, 3.8) is 0 Å². The maximum atomic E-state index is 13.0. The number of ether oxygens (including phenoxy) is 1. The first-order valence-corrected chi connectivity index (χ1v) is 6.67. The Morgan fingerprint density at radius 3 is 1.38 bits per heavy atom. The molecule has 0 bridgehead atoms. The second-order valence-corrected chi connectivity index (χ2v) is 5.40. The maximum absolute atomic E-state index is 13.0. The minimum atomic E-state index is -7.09. The summed E-state index contributed by atoms with van der Waals surface area (Å²) in [4.78, 5) is 11.3. The normalized spacial score (nSPS) is 16.0. The third kappa shape index (κ3) is 4.87. The zero-order valence-corrected chi connectivity index (χ0v) is 12.9. The van der Waals surface area contributed by atoms with E-state index in [0.717, 1.165) is 6.92 Å². The van der Waals surface area contributed by atoms with Crippen LogP contribution in [0.2, 0.25) is 0 Å². The molecule has 1 unspecified atom stereocenters. The fourth-order valence-electron chi connectivity index (χ4n) is 1.97. The Labute approximate surface area is 138 Å². The van der Waals surface area contributed by atoms with Crippen molar-refractivity contribution in [3.05, 3.63) is 0 Å². The van der Waals surface area contributed by atoms with Gasteiger partial charge in [0.2, 0.25) is 5.41 Å². The van der Waals surface area contributed by atoms with Gasteiger partial charge in [0, 0.05) is 0 Å². The van der Waals surface area contributed by atoms with Crippen molar-refractivity contribution in [3.8, 4) is 0 Å². The lowest BCUT2D eigenvalue weighted by Gasteiger charge is -2.43. The largest absolute Gasteiger partial charge is 0.464 e.